The Labute approximate surface area is 112 Å². The number of nitrogens with two attached hydrogens (primary N) is 1. The van der Waals surface area contributed by atoms with Crippen molar-refractivity contribution in [3.63, 3.8) is 0 Å². The Hall–Kier alpha value is -0.590. The van der Waals surface area contributed by atoms with Gasteiger partial charge < -0.3 is 15.4 Å². The van der Waals surface area contributed by atoms with Crippen LogP contribution < -0.4 is 5.73 Å². The molecular formula is C12H21N3O2S. The third-order valence-corrected chi connectivity index (χ3v) is 4.66. The quantitative estimate of drug-likeness (QED) is 0.852. The zero-order valence-electron chi connectivity index (χ0n) is 10.7. The van der Waals surface area contributed by atoms with Crippen LogP contribution >= 0.6 is 11.8 Å². The van der Waals surface area contributed by atoms with Gasteiger partial charge in [0, 0.05) is 5.25 Å². The summed E-state index contributed by atoms with van der Waals surface area (Å²) in [6, 6.07) is -0.592. The van der Waals surface area contributed by atoms with E-state index in [-0.39, 0.29) is 0 Å². The van der Waals surface area contributed by atoms with Gasteiger partial charge in [-0.3, -0.25) is 0 Å². The smallest absolute Gasteiger partial charge is 0.246 e. The molecule has 1 aromatic heterocycles. The third-order valence-electron chi connectivity index (χ3n) is 3.29. The zero-order chi connectivity index (χ0) is 13.0. The van der Waals surface area contributed by atoms with Crippen LogP contribution in [0.2, 0.25) is 0 Å². The Morgan fingerprint density at radius 3 is 2.83 bits per heavy atom. The lowest BCUT2D eigenvalue weighted by Gasteiger charge is -2.20. The highest BCUT2D eigenvalue weighted by atomic mass is 32.2. The zero-order valence-corrected chi connectivity index (χ0v) is 11.5. The van der Waals surface area contributed by atoms with E-state index >= 15 is 0 Å². The fourth-order valence-corrected chi connectivity index (χ4v) is 3.26. The van der Waals surface area contributed by atoms with E-state index in [1.165, 1.54) is 32.1 Å². The predicted molar refractivity (Wildman–Crippen MR) is 71.1 cm³/mol. The van der Waals surface area contributed by atoms with Crippen LogP contribution in [0, 0.1) is 0 Å². The Balaban J connectivity index is 1.82. The average Bonchev–Trinajstić information content (AvgIpc) is 2.85. The highest BCUT2D eigenvalue weighted by Crippen LogP contribution is 2.30. The number of aliphatic hydroxyl groups is 1. The van der Waals surface area contributed by atoms with Gasteiger partial charge >= 0.3 is 0 Å². The molecule has 0 bridgehead atoms. The lowest BCUT2D eigenvalue weighted by molar-refractivity contribution is 0.146. The van der Waals surface area contributed by atoms with Gasteiger partial charge in [0.15, 0.2) is 5.82 Å². The van der Waals surface area contributed by atoms with E-state index in [2.05, 4.69) is 10.1 Å². The van der Waals surface area contributed by atoms with Crippen LogP contribution in [-0.4, -0.2) is 26.6 Å². The van der Waals surface area contributed by atoms with Gasteiger partial charge in [0.05, 0.1) is 11.9 Å². The first kappa shape index (κ1) is 13.8. The van der Waals surface area contributed by atoms with Crippen LogP contribution in [0.15, 0.2) is 4.52 Å². The van der Waals surface area contributed by atoms with E-state index in [9.17, 15) is 5.11 Å². The van der Waals surface area contributed by atoms with E-state index in [1.807, 2.05) is 11.8 Å². The molecule has 18 heavy (non-hydrogen) atoms. The third kappa shape index (κ3) is 3.70. The van der Waals surface area contributed by atoms with Gasteiger partial charge in [-0.25, -0.2) is 0 Å². The number of hydrogen-bond acceptors (Lipinski definition) is 6. The summed E-state index contributed by atoms with van der Waals surface area (Å²) in [5.74, 6) is 1.77. The lowest BCUT2D eigenvalue weighted by atomic mass is 10.0. The van der Waals surface area contributed by atoms with Crippen LogP contribution in [0.4, 0.5) is 0 Å². The summed E-state index contributed by atoms with van der Waals surface area (Å²) in [5, 5.41) is 14.0. The van der Waals surface area contributed by atoms with Gasteiger partial charge in [-0.15, -0.1) is 0 Å². The summed E-state index contributed by atoms with van der Waals surface area (Å²) in [6.45, 7) is 1.62. The summed E-state index contributed by atoms with van der Waals surface area (Å²) < 4.78 is 5.07. The van der Waals surface area contributed by atoms with Crippen LogP contribution in [0.3, 0.4) is 0 Å². The molecule has 5 nitrogen and oxygen atoms in total. The molecule has 1 fully saturated rings. The molecule has 0 aliphatic heterocycles. The summed E-state index contributed by atoms with van der Waals surface area (Å²) in [5.41, 5.74) is 5.74. The number of aromatic nitrogens is 2. The topological polar surface area (TPSA) is 85.2 Å². The second-order valence-electron chi connectivity index (χ2n) is 4.89. The number of nitrogens with zero attached hydrogens (tertiary/aromatic N) is 2. The number of rotatable bonds is 5. The standard InChI is InChI=1S/C12H21N3O2S/c1-8(16)11(13)12-14-10(15-17-12)7-18-9-5-3-2-4-6-9/h8-9,11,16H,2-7,13H2,1H3. The molecular weight excluding hydrogens is 250 g/mol. The van der Waals surface area contributed by atoms with Crippen molar-refractivity contribution in [2.45, 2.75) is 62.2 Å². The van der Waals surface area contributed by atoms with Crippen molar-refractivity contribution in [3.05, 3.63) is 11.7 Å². The lowest BCUT2D eigenvalue weighted by Crippen LogP contribution is -2.23. The van der Waals surface area contributed by atoms with E-state index in [4.69, 9.17) is 10.3 Å². The second-order valence-corrected chi connectivity index (χ2v) is 6.17. The minimum atomic E-state index is -0.677. The predicted octanol–water partition coefficient (Wildman–Crippen LogP) is 2.02. The van der Waals surface area contributed by atoms with Gasteiger partial charge in [0.1, 0.15) is 6.04 Å². The van der Waals surface area contributed by atoms with E-state index in [0.717, 1.165) is 11.0 Å². The van der Waals surface area contributed by atoms with Gasteiger partial charge in [0.2, 0.25) is 5.89 Å². The molecule has 0 radical (unpaired) electrons. The van der Waals surface area contributed by atoms with Gasteiger partial charge in [-0.2, -0.15) is 16.7 Å². The van der Waals surface area contributed by atoms with Crippen molar-refractivity contribution >= 4 is 11.8 Å². The summed E-state index contributed by atoms with van der Waals surface area (Å²) in [6.07, 6.45) is 5.95. The minimum absolute atomic E-state index is 0.323. The Morgan fingerprint density at radius 2 is 2.17 bits per heavy atom. The van der Waals surface area contributed by atoms with E-state index in [0.29, 0.717) is 11.7 Å². The molecule has 0 spiro atoms. The number of aliphatic hydroxyl groups excluding tert-OH is 1. The van der Waals surface area contributed by atoms with Crippen molar-refractivity contribution in [1.82, 2.24) is 10.1 Å². The summed E-state index contributed by atoms with van der Waals surface area (Å²) in [4.78, 5) is 4.23. The summed E-state index contributed by atoms with van der Waals surface area (Å²) in [7, 11) is 0. The minimum Gasteiger partial charge on any atom is -0.391 e. The molecule has 2 unspecified atom stereocenters. The maximum absolute atomic E-state index is 9.36. The normalized spacial score (nSPS) is 20.8. The fourth-order valence-electron chi connectivity index (χ4n) is 2.09. The molecule has 1 heterocycles. The first-order valence-electron chi connectivity index (χ1n) is 6.54. The van der Waals surface area contributed by atoms with Gasteiger partial charge in [-0.1, -0.05) is 24.4 Å². The van der Waals surface area contributed by atoms with Crippen molar-refractivity contribution in [3.8, 4) is 0 Å². The fraction of sp³-hybridized carbons (Fsp3) is 0.833. The van der Waals surface area contributed by atoms with Crippen LogP contribution in [0.5, 0.6) is 0 Å². The van der Waals surface area contributed by atoms with Crippen molar-refractivity contribution in [1.29, 1.82) is 0 Å². The first-order chi connectivity index (χ1) is 8.66. The van der Waals surface area contributed by atoms with E-state index < -0.39 is 12.1 Å². The molecule has 6 heteroatoms. The molecule has 2 rings (SSSR count). The largest absolute Gasteiger partial charge is 0.391 e. The Kier molecular flexibility index (Phi) is 5.03. The van der Waals surface area contributed by atoms with Crippen molar-refractivity contribution in [2.24, 2.45) is 5.73 Å². The maximum Gasteiger partial charge on any atom is 0.246 e. The molecule has 3 N–H and O–H groups in total. The van der Waals surface area contributed by atoms with Crippen LogP contribution in [0.25, 0.3) is 0 Å². The monoisotopic (exact) mass is 271 g/mol. The molecule has 102 valence electrons. The highest BCUT2D eigenvalue weighted by Gasteiger charge is 2.20. The molecule has 0 amide bonds. The second kappa shape index (κ2) is 6.54. The molecule has 0 aromatic carbocycles. The highest BCUT2D eigenvalue weighted by molar-refractivity contribution is 7.99. The van der Waals surface area contributed by atoms with Crippen molar-refractivity contribution in [2.75, 3.05) is 0 Å². The van der Waals surface area contributed by atoms with E-state index in [1.54, 1.807) is 6.92 Å². The molecule has 1 aliphatic carbocycles. The molecule has 1 aliphatic rings. The molecule has 1 saturated carbocycles. The van der Waals surface area contributed by atoms with Crippen LogP contribution in [-0.2, 0) is 5.75 Å². The molecule has 2 atom stereocenters. The van der Waals surface area contributed by atoms with Gasteiger partial charge in [0.25, 0.3) is 0 Å². The average molecular weight is 271 g/mol. The van der Waals surface area contributed by atoms with Crippen LogP contribution in [0.1, 0.15) is 56.8 Å². The Bertz CT molecular complexity index is 364. The maximum atomic E-state index is 9.36. The number of hydrogen-bond donors (Lipinski definition) is 2. The Morgan fingerprint density at radius 1 is 1.44 bits per heavy atom. The summed E-state index contributed by atoms with van der Waals surface area (Å²) >= 11 is 1.90. The first-order valence-corrected chi connectivity index (χ1v) is 7.59. The van der Waals surface area contributed by atoms with Gasteiger partial charge in [-0.05, 0) is 19.8 Å². The molecule has 1 aromatic rings. The SMILES string of the molecule is CC(O)C(N)c1nc(CSC2CCCCC2)no1. The van der Waals surface area contributed by atoms with Crippen molar-refractivity contribution < 1.29 is 9.63 Å². The number of thioether (sulfide) groups is 1. The molecule has 0 saturated heterocycles.